The van der Waals surface area contributed by atoms with Gasteiger partial charge >= 0.3 is 6.18 Å². The van der Waals surface area contributed by atoms with E-state index in [1.807, 2.05) is 0 Å². The van der Waals surface area contributed by atoms with Gasteiger partial charge in [0.1, 0.15) is 23.8 Å². The van der Waals surface area contributed by atoms with E-state index in [1.165, 1.54) is 30.3 Å². The summed E-state index contributed by atoms with van der Waals surface area (Å²) in [5.74, 6) is 0.321. The molecule has 36 heavy (non-hydrogen) atoms. The minimum atomic E-state index is -4.52. The maximum atomic E-state index is 13.6. The minimum Gasteiger partial charge on any atom is -0.455 e. The molecule has 2 aliphatic rings. The Kier molecular flexibility index (Phi) is 6.09. The summed E-state index contributed by atoms with van der Waals surface area (Å²) < 4.78 is 84.8. The van der Waals surface area contributed by atoms with Crippen LogP contribution in [0.1, 0.15) is 36.3 Å². The summed E-state index contributed by atoms with van der Waals surface area (Å²) in [6.45, 7) is 0.112. The van der Waals surface area contributed by atoms with E-state index in [-0.39, 0.29) is 17.2 Å². The van der Waals surface area contributed by atoms with Gasteiger partial charge in [0.25, 0.3) is 0 Å². The number of hydrogen-bond acceptors (Lipinski definition) is 6. The maximum absolute atomic E-state index is 13.6. The van der Waals surface area contributed by atoms with E-state index in [2.05, 4.69) is 10.5 Å². The predicted octanol–water partition coefficient (Wildman–Crippen LogP) is 5.12. The monoisotopic (exact) mass is 525 g/mol. The molecule has 192 valence electrons. The lowest BCUT2D eigenvalue weighted by Gasteiger charge is -2.25. The molecule has 1 aromatic heterocycles. The zero-order valence-corrected chi connectivity index (χ0v) is 20.0. The van der Waals surface area contributed by atoms with E-state index < -0.39 is 35.0 Å². The molecule has 12 heteroatoms. The molecule has 1 fully saturated rings. The number of amidine groups is 1. The molecule has 1 aliphatic carbocycles. The number of furan rings is 1. The minimum absolute atomic E-state index is 0.00839. The molecule has 2 heterocycles. The normalized spacial score (nSPS) is 16.4. The molecule has 0 amide bonds. The van der Waals surface area contributed by atoms with Gasteiger partial charge in [-0.05, 0) is 54.7 Å². The SMILES string of the molecule is CS(=O)(=O)N(CCC(F)(F)F)c1cc2oc(-c3ccc(F)cc3)c(C3=NOCCN3)c2cc1C1CC1. The number of oxime groups is 1. The number of nitrogens with zero attached hydrogens (tertiary/aromatic N) is 2. The first-order chi connectivity index (χ1) is 17.0. The van der Waals surface area contributed by atoms with Crippen molar-refractivity contribution >= 4 is 32.5 Å². The van der Waals surface area contributed by atoms with E-state index in [0.29, 0.717) is 46.8 Å². The molecule has 0 bridgehead atoms. The highest BCUT2D eigenvalue weighted by Gasteiger charge is 2.35. The third kappa shape index (κ3) is 4.99. The van der Waals surface area contributed by atoms with Crippen LogP contribution >= 0.6 is 0 Å². The first kappa shape index (κ1) is 24.4. The number of nitrogens with one attached hydrogen (secondary N) is 1. The summed E-state index contributed by atoms with van der Waals surface area (Å²) in [5.41, 5.74) is 2.15. The van der Waals surface area contributed by atoms with Gasteiger partial charge in [-0.1, -0.05) is 5.16 Å². The molecule has 1 N–H and O–H groups in total. The van der Waals surface area contributed by atoms with Crippen LogP contribution in [0, 0.1) is 5.82 Å². The van der Waals surface area contributed by atoms with Crippen LogP contribution in [0.15, 0.2) is 46.0 Å². The van der Waals surface area contributed by atoms with Crippen molar-refractivity contribution in [1.29, 1.82) is 0 Å². The summed E-state index contributed by atoms with van der Waals surface area (Å²) in [7, 11) is -4.02. The molecule has 0 radical (unpaired) electrons. The molecule has 1 saturated carbocycles. The second kappa shape index (κ2) is 8.99. The van der Waals surface area contributed by atoms with Gasteiger partial charge in [0.2, 0.25) is 10.0 Å². The van der Waals surface area contributed by atoms with Gasteiger partial charge < -0.3 is 14.6 Å². The Morgan fingerprint density at radius 3 is 2.47 bits per heavy atom. The van der Waals surface area contributed by atoms with Gasteiger partial charge in [0.05, 0.1) is 30.5 Å². The fraction of sp³-hybridized carbons (Fsp3) is 0.375. The van der Waals surface area contributed by atoms with Crippen molar-refractivity contribution in [3.63, 3.8) is 0 Å². The lowest BCUT2D eigenvalue weighted by Crippen LogP contribution is -2.34. The highest BCUT2D eigenvalue weighted by molar-refractivity contribution is 7.92. The van der Waals surface area contributed by atoms with Gasteiger partial charge in [-0.3, -0.25) is 4.31 Å². The van der Waals surface area contributed by atoms with Gasteiger partial charge in [-0.2, -0.15) is 13.2 Å². The number of rotatable bonds is 7. The van der Waals surface area contributed by atoms with Gasteiger partial charge in [0.15, 0.2) is 5.84 Å². The Morgan fingerprint density at radius 1 is 1.17 bits per heavy atom. The molecule has 0 atom stereocenters. The quantitative estimate of drug-likeness (QED) is 0.433. The van der Waals surface area contributed by atoms with E-state index in [4.69, 9.17) is 9.25 Å². The average Bonchev–Trinajstić information content (AvgIpc) is 3.58. The number of anilines is 1. The molecule has 2 aromatic carbocycles. The molecular weight excluding hydrogens is 502 g/mol. The van der Waals surface area contributed by atoms with Crippen LogP contribution in [-0.4, -0.2) is 46.4 Å². The Hall–Kier alpha value is -3.28. The fourth-order valence-electron chi connectivity index (χ4n) is 4.31. The first-order valence-electron chi connectivity index (χ1n) is 11.4. The van der Waals surface area contributed by atoms with Crippen molar-refractivity contribution in [2.24, 2.45) is 5.16 Å². The van der Waals surface area contributed by atoms with Gasteiger partial charge in [-0.25, -0.2) is 12.8 Å². The molecule has 1 aliphatic heterocycles. The number of alkyl halides is 3. The highest BCUT2D eigenvalue weighted by atomic mass is 32.2. The molecule has 3 aromatic rings. The summed E-state index contributed by atoms with van der Waals surface area (Å²) in [4.78, 5) is 5.26. The second-order valence-electron chi connectivity index (χ2n) is 8.89. The molecule has 5 rings (SSSR count). The maximum Gasteiger partial charge on any atom is 0.390 e. The summed E-state index contributed by atoms with van der Waals surface area (Å²) >= 11 is 0. The number of benzene rings is 2. The Morgan fingerprint density at radius 2 is 1.89 bits per heavy atom. The van der Waals surface area contributed by atoms with Crippen molar-refractivity contribution < 1.29 is 35.2 Å². The summed E-state index contributed by atoms with van der Waals surface area (Å²) in [5, 5.41) is 7.87. The second-order valence-corrected chi connectivity index (χ2v) is 10.8. The average molecular weight is 526 g/mol. The van der Waals surface area contributed by atoms with Gasteiger partial charge in [0, 0.05) is 23.6 Å². The third-order valence-corrected chi connectivity index (χ3v) is 7.29. The fourth-order valence-corrected chi connectivity index (χ4v) is 5.25. The largest absolute Gasteiger partial charge is 0.455 e. The van der Waals surface area contributed by atoms with Crippen LogP contribution in [0.2, 0.25) is 0 Å². The van der Waals surface area contributed by atoms with Crippen LogP contribution in [0.25, 0.3) is 22.3 Å². The molecule has 0 saturated heterocycles. The zero-order valence-electron chi connectivity index (χ0n) is 19.2. The van der Waals surface area contributed by atoms with E-state index >= 15 is 0 Å². The zero-order chi connectivity index (χ0) is 25.7. The number of fused-ring (bicyclic) bond motifs is 1. The highest BCUT2D eigenvalue weighted by Crippen LogP contribution is 2.48. The van der Waals surface area contributed by atoms with Crippen molar-refractivity contribution in [3.8, 4) is 11.3 Å². The van der Waals surface area contributed by atoms with Crippen molar-refractivity contribution in [2.45, 2.75) is 31.4 Å². The third-order valence-electron chi connectivity index (χ3n) is 6.11. The number of sulfonamides is 1. The van der Waals surface area contributed by atoms with E-state index in [9.17, 15) is 26.0 Å². The van der Waals surface area contributed by atoms with Crippen LogP contribution in [0.3, 0.4) is 0 Å². The summed E-state index contributed by atoms with van der Waals surface area (Å²) in [6.07, 6.45) is -3.35. The van der Waals surface area contributed by atoms with E-state index in [0.717, 1.165) is 23.4 Å². The predicted molar refractivity (Wildman–Crippen MR) is 127 cm³/mol. The van der Waals surface area contributed by atoms with E-state index in [1.54, 1.807) is 6.07 Å². The van der Waals surface area contributed by atoms with Crippen LogP contribution in [0.4, 0.5) is 23.2 Å². The van der Waals surface area contributed by atoms with Gasteiger partial charge in [-0.15, -0.1) is 0 Å². The smallest absolute Gasteiger partial charge is 0.390 e. The van der Waals surface area contributed by atoms with Crippen LogP contribution < -0.4 is 9.62 Å². The van der Waals surface area contributed by atoms with Crippen molar-refractivity contribution in [2.75, 3.05) is 30.3 Å². The lowest BCUT2D eigenvalue weighted by atomic mass is 10.00. The molecule has 7 nitrogen and oxygen atoms in total. The Bertz CT molecular complexity index is 1430. The van der Waals surface area contributed by atoms with Crippen LogP contribution in [-0.2, 0) is 14.9 Å². The Balaban J connectivity index is 1.73. The van der Waals surface area contributed by atoms with Crippen molar-refractivity contribution in [1.82, 2.24) is 5.32 Å². The number of halogens is 4. The van der Waals surface area contributed by atoms with Crippen molar-refractivity contribution in [3.05, 3.63) is 53.3 Å². The molecular formula is C24H23F4N3O4S. The molecule has 0 unspecified atom stereocenters. The number of hydrogen-bond donors (Lipinski definition) is 1. The lowest BCUT2D eigenvalue weighted by molar-refractivity contribution is -0.131. The standard InChI is InChI=1S/C24H23F4N3O4S/c1-36(32,33)31(10-8-24(26,27)28)19-13-20-18(12-17(19)14-2-3-14)21(23-29-9-11-34-30-23)22(35-20)15-4-6-16(25)7-5-15/h4-7,12-14H,2-3,8-11H2,1H3,(H,29,30). The topological polar surface area (TPSA) is 84.1 Å². The summed E-state index contributed by atoms with van der Waals surface area (Å²) in [6, 6.07) is 8.87. The van der Waals surface area contributed by atoms with Crippen LogP contribution in [0.5, 0.6) is 0 Å². The Labute approximate surface area is 204 Å². The molecule has 0 spiro atoms. The first-order valence-corrected chi connectivity index (χ1v) is 13.2.